The van der Waals surface area contributed by atoms with Gasteiger partial charge in [-0.2, -0.15) is 0 Å². The van der Waals surface area contributed by atoms with Gasteiger partial charge in [-0.15, -0.1) is 0 Å². The molecule has 0 atom stereocenters. The van der Waals surface area contributed by atoms with Gasteiger partial charge in [0.2, 0.25) is 27.3 Å². The molecule has 46 valence electrons. The molecule has 0 aromatic carbocycles. The van der Waals surface area contributed by atoms with E-state index < -0.39 is 0 Å². The van der Waals surface area contributed by atoms with Crippen molar-refractivity contribution in [3.05, 3.63) is 5.38 Å². The maximum Gasteiger partial charge on any atom is 0.237 e. The van der Waals surface area contributed by atoms with Gasteiger partial charge in [0, 0.05) is 11.0 Å². The van der Waals surface area contributed by atoms with Crippen LogP contribution in [-0.2, 0) is 0 Å². The van der Waals surface area contributed by atoms with E-state index in [1.54, 1.807) is 0 Å². The Balaban J connectivity index is 0.000000490. The van der Waals surface area contributed by atoms with Crippen LogP contribution < -0.4 is 12.4 Å². The van der Waals surface area contributed by atoms with Gasteiger partial charge in [-0.25, -0.2) is 0 Å². The van der Waals surface area contributed by atoms with Crippen molar-refractivity contribution >= 4 is 44.7 Å². The normalized spacial score (nSPS) is 8.12. The lowest BCUT2D eigenvalue weighted by Crippen LogP contribution is -3.00. The molecular weight excluding hydrogens is 205 g/mol. The van der Waals surface area contributed by atoms with Gasteiger partial charge in [0.25, 0.3) is 0 Å². The molecule has 0 saturated heterocycles. The third-order valence-electron chi connectivity index (χ3n) is 0.395. The molecule has 8 heavy (non-hydrogen) atoms. The van der Waals surface area contributed by atoms with Crippen molar-refractivity contribution < 1.29 is 12.4 Å². The van der Waals surface area contributed by atoms with E-state index in [-0.39, 0.29) is 12.4 Å². The second kappa shape index (κ2) is 4.76. The molecule has 0 bridgehead atoms. The Kier molecular flexibility index (Phi) is 5.30. The minimum absolute atomic E-state index is 0. The van der Waals surface area contributed by atoms with Crippen LogP contribution >= 0.6 is 44.7 Å². The Morgan fingerprint density at radius 3 is 2.88 bits per heavy atom. The fourth-order valence-corrected chi connectivity index (χ4v) is 2.44. The molecule has 1 aromatic rings. The van der Waals surface area contributed by atoms with Crippen LogP contribution in [-0.4, -0.2) is 3.76 Å². The fourth-order valence-electron chi connectivity index (χ4n) is 0.177. The highest BCUT2D eigenvalue weighted by molar-refractivity contribution is 8.22. The van der Waals surface area contributed by atoms with E-state index >= 15 is 0 Å². The van der Waals surface area contributed by atoms with Crippen LogP contribution in [0.5, 0.6) is 0 Å². The first-order valence-electron chi connectivity index (χ1n) is 1.45. The summed E-state index contributed by atoms with van der Waals surface area (Å²) >= 11 is 2.85. The highest BCUT2D eigenvalue weighted by Gasteiger charge is 2.02. The van der Waals surface area contributed by atoms with Gasteiger partial charge in [0.1, 0.15) is 0 Å². The first-order chi connectivity index (χ1) is 3.43. The van der Waals surface area contributed by atoms with Crippen LogP contribution in [0.3, 0.4) is 0 Å². The molecule has 0 fully saturated rings. The molecular formula is C2HCl2NS3. The molecule has 0 aliphatic rings. The number of rotatable bonds is 1. The summed E-state index contributed by atoms with van der Waals surface area (Å²) < 4.78 is 4.93. The van der Waals surface area contributed by atoms with Crippen LogP contribution in [0.15, 0.2) is 9.59 Å². The lowest BCUT2D eigenvalue weighted by atomic mass is 11.1. The van der Waals surface area contributed by atoms with Crippen molar-refractivity contribution in [3.63, 3.8) is 0 Å². The van der Waals surface area contributed by atoms with Crippen molar-refractivity contribution in [3.8, 4) is 0 Å². The average molecular weight is 206 g/mol. The number of nitrogens with zero attached hydrogens (tertiary/aromatic N) is 1. The Labute approximate surface area is 70.3 Å². The number of hydrogen-bond donors (Lipinski definition) is 0. The zero-order chi connectivity index (χ0) is 5.11. The molecule has 0 saturated carbocycles. The molecule has 0 spiro atoms. The Morgan fingerprint density at radius 1 is 1.88 bits per heavy atom. The van der Waals surface area contributed by atoms with Crippen LogP contribution in [0.1, 0.15) is 0 Å². The zero-order valence-corrected chi connectivity index (χ0v) is 7.47. The number of aromatic nitrogens is 1. The lowest BCUT2D eigenvalue weighted by Gasteiger charge is -1.62. The van der Waals surface area contributed by atoms with E-state index in [4.69, 9.17) is 10.7 Å². The van der Waals surface area contributed by atoms with Gasteiger partial charge < -0.3 is 12.4 Å². The molecule has 0 radical (unpaired) electrons. The average Bonchev–Trinajstić information content (AvgIpc) is 2.14. The topological polar surface area (TPSA) is 12.9 Å². The first-order valence-corrected chi connectivity index (χ1v) is 4.70. The maximum atomic E-state index is 5.36. The monoisotopic (exact) mass is 205 g/mol. The molecule has 0 aliphatic carbocycles. The van der Waals surface area contributed by atoms with Gasteiger partial charge in [-0.3, -0.25) is 0 Å². The van der Waals surface area contributed by atoms with Crippen LogP contribution in [0.4, 0.5) is 0 Å². The minimum atomic E-state index is 0. The second-order valence-corrected chi connectivity index (χ2v) is 3.77. The summed E-state index contributed by atoms with van der Waals surface area (Å²) in [5.74, 6) is 0. The van der Waals surface area contributed by atoms with Gasteiger partial charge in [0.15, 0.2) is 5.38 Å². The lowest BCUT2D eigenvalue weighted by molar-refractivity contribution is -0.00000125. The van der Waals surface area contributed by atoms with Gasteiger partial charge in [0.05, 0.1) is 3.76 Å². The van der Waals surface area contributed by atoms with Crippen LogP contribution in [0, 0.1) is 0 Å². The summed E-state index contributed by atoms with van der Waals surface area (Å²) in [6.07, 6.45) is 0. The fraction of sp³-hybridized carbons (Fsp3) is 0. The largest absolute Gasteiger partial charge is 1.00 e. The predicted octanol–water partition coefficient (Wildman–Crippen LogP) is -0.264. The smallest absolute Gasteiger partial charge is 0.237 e. The van der Waals surface area contributed by atoms with E-state index in [1.165, 1.54) is 34.0 Å². The summed E-state index contributed by atoms with van der Waals surface area (Å²) in [5, 5.41) is 1.92. The molecule has 1 heterocycles. The van der Waals surface area contributed by atoms with Crippen molar-refractivity contribution in [1.29, 1.82) is 0 Å². The van der Waals surface area contributed by atoms with E-state index in [0.29, 0.717) is 0 Å². The van der Waals surface area contributed by atoms with Crippen molar-refractivity contribution in [2.24, 2.45) is 0 Å². The van der Waals surface area contributed by atoms with Gasteiger partial charge >= 0.3 is 0 Å². The highest BCUT2D eigenvalue weighted by atomic mass is 35.7. The van der Waals surface area contributed by atoms with E-state index in [2.05, 4.69) is 3.76 Å². The SMILES string of the molecule is ClSc1c[s+]ns1.[Cl-]. The Hall–Kier alpha value is 0.910. The van der Waals surface area contributed by atoms with Crippen molar-refractivity contribution in [1.82, 2.24) is 3.76 Å². The third kappa shape index (κ3) is 2.46. The highest BCUT2D eigenvalue weighted by Crippen LogP contribution is 2.26. The zero-order valence-electron chi connectivity index (χ0n) is 3.51. The molecule has 1 nitrogen and oxygen atoms in total. The number of hydrogen-bond acceptors (Lipinski definition) is 3. The molecule has 0 amide bonds. The van der Waals surface area contributed by atoms with Crippen LogP contribution in [0.2, 0.25) is 0 Å². The Bertz CT molecular complexity index is 130. The molecule has 1 rings (SSSR count). The van der Waals surface area contributed by atoms with Crippen molar-refractivity contribution in [2.75, 3.05) is 0 Å². The third-order valence-corrected chi connectivity index (χ3v) is 3.49. The minimum Gasteiger partial charge on any atom is -1.00 e. The van der Waals surface area contributed by atoms with E-state index in [0.717, 1.165) is 4.21 Å². The van der Waals surface area contributed by atoms with Crippen LogP contribution in [0.25, 0.3) is 0 Å². The summed E-state index contributed by atoms with van der Waals surface area (Å²) in [5.41, 5.74) is 0. The van der Waals surface area contributed by atoms with E-state index in [9.17, 15) is 0 Å². The Morgan fingerprint density at radius 2 is 2.62 bits per heavy atom. The molecule has 1 aromatic heterocycles. The van der Waals surface area contributed by atoms with Gasteiger partial charge in [-0.05, 0) is 10.7 Å². The maximum absolute atomic E-state index is 5.36. The summed E-state index contributed by atoms with van der Waals surface area (Å²) in [7, 11) is 6.58. The molecule has 6 heteroatoms. The van der Waals surface area contributed by atoms with Crippen molar-refractivity contribution in [2.45, 2.75) is 4.21 Å². The quantitative estimate of drug-likeness (QED) is 0.587. The summed E-state index contributed by atoms with van der Waals surface area (Å²) in [6.45, 7) is 0. The molecule has 0 aliphatic heterocycles. The summed E-state index contributed by atoms with van der Waals surface area (Å²) in [4.78, 5) is 0. The second-order valence-electron chi connectivity index (χ2n) is 0.785. The molecule has 0 unspecified atom stereocenters. The predicted molar refractivity (Wildman–Crippen MR) is 36.1 cm³/mol. The van der Waals surface area contributed by atoms with Gasteiger partial charge in [-0.1, -0.05) is 0 Å². The standard InChI is InChI=1S/C2HClNS3.ClH/c3-6-2-1-5-4-7-2;/h1H;1H/q+1;/p-1. The summed E-state index contributed by atoms with van der Waals surface area (Å²) in [6, 6.07) is 0. The molecule has 0 N–H and O–H groups in total. The number of halogens is 2. The van der Waals surface area contributed by atoms with E-state index in [1.807, 2.05) is 5.38 Å². The first kappa shape index (κ1) is 8.91.